The third-order valence-electron chi connectivity index (χ3n) is 6.38. The zero-order chi connectivity index (χ0) is 19.4. The van der Waals surface area contributed by atoms with Gasteiger partial charge in [-0.05, 0) is 61.3 Å². The first kappa shape index (κ1) is 18.9. The summed E-state index contributed by atoms with van der Waals surface area (Å²) in [5, 5.41) is 3.26. The second-order valence-electron chi connectivity index (χ2n) is 8.17. The minimum absolute atomic E-state index is 0.0179. The highest BCUT2D eigenvalue weighted by molar-refractivity contribution is 5.75. The van der Waals surface area contributed by atoms with Crippen molar-refractivity contribution in [2.24, 2.45) is 5.41 Å². The summed E-state index contributed by atoms with van der Waals surface area (Å²) in [6, 6.07) is 12.1. The van der Waals surface area contributed by atoms with Crippen LogP contribution in [0.5, 0.6) is 0 Å². The van der Waals surface area contributed by atoms with Crippen molar-refractivity contribution in [3.63, 3.8) is 0 Å². The molecule has 28 heavy (non-hydrogen) atoms. The molecule has 0 saturated carbocycles. The second kappa shape index (κ2) is 8.31. The predicted octanol–water partition coefficient (Wildman–Crippen LogP) is 4.08. The van der Waals surface area contributed by atoms with E-state index < -0.39 is 0 Å². The van der Waals surface area contributed by atoms with E-state index in [1.54, 1.807) is 12.4 Å². The van der Waals surface area contributed by atoms with Crippen LogP contribution >= 0.6 is 0 Å². The van der Waals surface area contributed by atoms with Crippen molar-refractivity contribution < 1.29 is 9.53 Å². The SMILES string of the molecule is Cc1ccc([C@H](NC(=O)N2CCC3(CCOCC3)CC2)c2ccncc2)cc1. The average molecular weight is 380 g/mol. The predicted molar refractivity (Wildman–Crippen MR) is 109 cm³/mol. The molecule has 1 N–H and O–H groups in total. The van der Waals surface area contributed by atoms with E-state index in [1.165, 1.54) is 5.56 Å². The van der Waals surface area contributed by atoms with Gasteiger partial charge in [0.25, 0.3) is 0 Å². The first-order chi connectivity index (χ1) is 13.7. The molecule has 5 heteroatoms. The van der Waals surface area contributed by atoms with Crippen LogP contribution in [-0.2, 0) is 4.74 Å². The van der Waals surface area contributed by atoms with Crippen molar-refractivity contribution in [1.29, 1.82) is 0 Å². The number of pyridine rings is 1. The van der Waals surface area contributed by atoms with Gasteiger partial charge in [-0.2, -0.15) is 0 Å². The summed E-state index contributed by atoms with van der Waals surface area (Å²) >= 11 is 0. The Bertz CT molecular complexity index is 775. The molecule has 0 radical (unpaired) electrons. The lowest BCUT2D eigenvalue weighted by molar-refractivity contribution is -0.0146. The number of nitrogens with one attached hydrogen (secondary N) is 1. The Morgan fingerprint density at radius 1 is 1.00 bits per heavy atom. The lowest BCUT2D eigenvalue weighted by Gasteiger charge is -2.44. The molecular formula is C23H29N3O2. The van der Waals surface area contributed by atoms with Gasteiger partial charge in [0.05, 0.1) is 6.04 Å². The Balaban J connectivity index is 1.46. The molecule has 2 saturated heterocycles. The number of benzene rings is 1. The number of ether oxygens (including phenoxy) is 1. The number of aromatic nitrogens is 1. The quantitative estimate of drug-likeness (QED) is 0.874. The zero-order valence-corrected chi connectivity index (χ0v) is 16.6. The maximum absolute atomic E-state index is 13.1. The number of carbonyl (C=O) groups is 1. The number of rotatable bonds is 3. The van der Waals surface area contributed by atoms with Gasteiger partial charge in [-0.15, -0.1) is 0 Å². The van der Waals surface area contributed by atoms with Gasteiger partial charge in [0.15, 0.2) is 0 Å². The Labute approximate surface area is 167 Å². The second-order valence-corrected chi connectivity index (χ2v) is 8.17. The van der Waals surface area contributed by atoms with Crippen LogP contribution in [0.3, 0.4) is 0 Å². The van der Waals surface area contributed by atoms with E-state index >= 15 is 0 Å². The van der Waals surface area contributed by atoms with Gasteiger partial charge in [-0.25, -0.2) is 4.79 Å². The molecule has 2 amide bonds. The van der Waals surface area contributed by atoms with Crippen molar-refractivity contribution >= 4 is 6.03 Å². The number of urea groups is 1. The fraction of sp³-hybridized carbons (Fsp3) is 0.478. The highest BCUT2D eigenvalue weighted by Crippen LogP contribution is 2.40. The molecule has 1 spiro atoms. The largest absolute Gasteiger partial charge is 0.381 e. The summed E-state index contributed by atoms with van der Waals surface area (Å²) < 4.78 is 5.53. The van der Waals surface area contributed by atoms with Crippen molar-refractivity contribution in [3.8, 4) is 0 Å². The minimum Gasteiger partial charge on any atom is -0.381 e. The molecule has 5 nitrogen and oxygen atoms in total. The van der Waals surface area contributed by atoms with Gasteiger partial charge in [0.1, 0.15) is 0 Å². The normalized spacial score (nSPS) is 20.0. The molecule has 148 valence electrons. The topological polar surface area (TPSA) is 54.5 Å². The number of aryl methyl sites for hydroxylation is 1. The van der Waals surface area contributed by atoms with Gasteiger partial charge >= 0.3 is 6.03 Å². The van der Waals surface area contributed by atoms with Crippen LogP contribution in [0.4, 0.5) is 4.79 Å². The van der Waals surface area contributed by atoms with Gasteiger partial charge in [0.2, 0.25) is 0 Å². The maximum Gasteiger partial charge on any atom is 0.318 e. The number of likely N-dealkylation sites (tertiary alicyclic amines) is 1. The van der Waals surface area contributed by atoms with E-state index in [1.807, 2.05) is 17.0 Å². The smallest absolute Gasteiger partial charge is 0.318 e. The highest BCUT2D eigenvalue weighted by atomic mass is 16.5. The van der Waals surface area contributed by atoms with E-state index in [0.717, 1.165) is 63.1 Å². The van der Waals surface area contributed by atoms with Crippen LogP contribution in [0.2, 0.25) is 0 Å². The first-order valence-corrected chi connectivity index (χ1v) is 10.2. The molecule has 2 aliphatic heterocycles. The van der Waals surface area contributed by atoms with Crippen LogP contribution in [0.25, 0.3) is 0 Å². The number of nitrogens with zero attached hydrogens (tertiary/aromatic N) is 2. The lowest BCUT2D eigenvalue weighted by atomic mass is 9.72. The molecule has 3 heterocycles. The molecule has 2 aliphatic rings. The van der Waals surface area contributed by atoms with Crippen LogP contribution in [-0.4, -0.2) is 42.2 Å². The number of piperidine rings is 1. The van der Waals surface area contributed by atoms with Crippen molar-refractivity contribution in [1.82, 2.24) is 15.2 Å². The van der Waals surface area contributed by atoms with E-state index in [2.05, 4.69) is 41.5 Å². The number of hydrogen-bond donors (Lipinski definition) is 1. The van der Waals surface area contributed by atoms with E-state index in [9.17, 15) is 4.79 Å². The summed E-state index contributed by atoms with van der Waals surface area (Å²) in [5.74, 6) is 0. The van der Waals surface area contributed by atoms with Crippen LogP contribution in [0, 0.1) is 12.3 Å². The minimum atomic E-state index is -0.171. The molecule has 0 unspecified atom stereocenters. The number of amides is 2. The fourth-order valence-corrected chi connectivity index (χ4v) is 4.38. The monoisotopic (exact) mass is 379 g/mol. The van der Waals surface area contributed by atoms with E-state index in [4.69, 9.17) is 4.74 Å². The van der Waals surface area contributed by atoms with Crippen molar-refractivity contribution in [3.05, 3.63) is 65.5 Å². The summed E-state index contributed by atoms with van der Waals surface area (Å²) in [6.07, 6.45) is 7.97. The van der Waals surface area contributed by atoms with Gasteiger partial charge < -0.3 is 15.0 Å². The Morgan fingerprint density at radius 3 is 2.25 bits per heavy atom. The standard InChI is InChI=1S/C23H29N3O2/c1-18-2-4-19(5-3-18)21(20-6-12-24-13-7-20)25-22(27)26-14-8-23(9-15-26)10-16-28-17-11-23/h2-7,12-13,21H,8-11,14-17H2,1H3,(H,25,27)/t21-/m0/s1. The summed E-state index contributed by atoms with van der Waals surface area (Å²) in [5.41, 5.74) is 3.73. The van der Waals surface area contributed by atoms with Crippen LogP contribution < -0.4 is 5.32 Å². The summed E-state index contributed by atoms with van der Waals surface area (Å²) in [6.45, 7) is 5.45. The molecule has 2 fully saturated rings. The van der Waals surface area contributed by atoms with E-state index in [-0.39, 0.29) is 12.1 Å². The van der Waals surface area contributed by atoms with Gasteiger partial charge in [0, 0.05) is 38.7 Å². The fourth-order valence-electron chi connectivity index (χ4n) is 4.38. The van der Waals surface area contributed by atoms with Gasteiger partial charge in [-0.1, -0.05) is 29.8 Å². The zero-order valence-electron chi connectivity index (χ0n) is 16.6. The average Bonchev–Trinajstić information content (AvgIpc) is 2.74. The molecule has 1 atom stereocenters. The molecule has 2 aromatic rings. The molecule has 1 aromatic carbocycles. The van der Waals surface area contributed by atoms with Crippen LogP contribution in [0.1, 0.15) is 48.4 Å². The molecule has 4 rings (SSSR count). The highest BCUT2D eigenvalue weighted by Gasteiger charge is 2.37. The summed E-state index contributed by atoms with van der Waals surface area (Å²) in [7, 11) is 0. The Kier molecular flexibility index (Phi) is 5.62. The Morgan fingerprint density at radius 2 is 1.61 bits per heavy atom. The van der Waals surface area contributed by atoms with Crippen LogP contribution in [0.15, 0.2) is 48.8 Å². The molecule has 1 aromatic heterocycles. The first-order valence-electron chi connectivity index (χ1n) is 10.2. The molecule has 0 bridgehead atoms. The maximum atomic E-state index is 13.1. The van der Waals surface area contributed by atoms with E-state index in [0.29, 0.717) is 5.41 Å². The lowest BCUT2D eigenvalue weighted by Crippen LogP contribution is -2.49. The third-order valence-corrected chi connectivity index (χ3v) is 6.38. The van der Waals surface area contributed by atoms with Crippen molar-refractivity contribution in [2.75, 3.05) is 26.3 Å². The number of hydrogen-bond acceptors (Lipinski definition) is 3. The molecular weight excluding hydrogens is 350 g/mol. The molecule has 0 aliphatic carbocycles. The Hall–Kier alpha value is -2.40. The third kappa shape index (κ3) is 4.20. The van der Waals surface area contributed by atoms with Crippen molar-refractivity contribution in [2.45, 2.75) is 38.6 Å². The van der Waals surface area contributed by atoms with Gasteiger partial charge in [-0.3, -0.25) is 4.98 Å². The summed E-state index contributed by atoms with van der Waals surface area (Å²) in [4.78, 5) is 19.2. The number of carbonyl (C=O) groups excluding carboxylic acids is 1.